The van der Waals surface area contributed by atoms with Gasteiger partial charge in [-0.05, 0) is 25.1 Å². The highest BCUT2D eigenvalue weighted by molar-refractivity contribution is 6.09. The number of hydrogen-bond acceptors (Lipinski definition) is 6. The second-order valence-electron chi connectivity index (χ2n) is 5.58. The Labute approximate surface area is 153 Å². The van der Waals surface area contributed by atoms with Crippen LogP contribution in [0.1, 0.15) is 27.6 Å². The first-order valence-corrected chi connectivity index (χ1v) is 8.11. The van der Waals surface area contributed by atoms with Gasteiger partial charge in [-0.15, -0.1) is 0 Å². The quantitative estimate of drug-likeness (QED) is 0.420. The van der Waals surface area contributed by atoms with Gasteiger partial charge in [0, 0.05) is 29.3 Å². The Morgan fingerprint density at radius 3 is 2.63 bits per heavy atom. The summed E-state index contributed by atoms with van der Waals surface area (Å²) >= 11 is 0. The number of hydrogen-bond donors (Lipinski definition) is 1. The lowest BCUT2D eigenvalue weighted by molar-refractivity contribution is -0.384. The Balaban J connectivity index is 1.98. The molecule has 0 fully saturated rings. The summed E-state index contributed by atoms with van der Waals surface area (Å²) in [7, 11) is 0. The zero-order chi connectivity index (χ0) is 19.4. The lowest BCUT2D eigenvalue weighted by atomic mass is 10.1. The largest absolute Gasteiger partial charge is 0.462 e. The molecule has 0 spiro atoms. The van der Waals surface area contributed by atoms with Gasteiger partial charge in [-0.2, -0.15) is 0 Å². The first-order chi connectivity index (χ1) is 13.0. The molecule has 0 atom stereocenters. The number of esters is 1. The molecule has 136 valence electrons. The number of para-hydroxylation sites is 1. The summed E-state index contributed by atoms with van der Waals surface area (Å²) in [6, 6.07) is 12.4. The van der Waals surface area contributed by atoms with E-state index in [9.17, 15) is 19.7 Å². The number of carbonyl (C=O) groups is 2. The van der Waals surface area contributed by atoms with Gasteiger partial charge in [-0.1, -0.05) is 18.2 Å². The fraction of sp³-hybridized carbons (Fsp3) is 0.105. The van der Waals surface area contributed by atoms with E-state index in [1.54, 1.807) is 31.3 Å². The number of carbonyl (C=O) groups excluding carboxylic acids is 2. The highest BCUT2D eigenvalue weighted by atomic mass is 16.6. The Morgan fingerprint density at radius 1 is 1.15 bits per heavy atom. The molecule has 0 aliphatic carbocycles. The molecule has 3 rings (SSSR count). The van der Waals surface area contributed by atoms with Crippen LogP contribution in [0.25, 0.3) is 10.9 Å². The van der Waals surface area contributed by atoms with Crippen molar-refractivity contribution in [3.05, 3.63) is 76.0 Å². The van der Waals surface area contributed by atoms with Gasteiger partial charge < -0.3 is 10.1 Å². The van der Waals surface area contributed by atoms with Crippen LogP contribution in [0.4, 0.5) is 11.4 Å². The number of non-ortho nitro benzene ring substituents is 1. The number of pyridine rings is 1. The molecule has 2 aromatic carbocycles. The number of rotatable bonds is 5. The highest BCUT2D eigenvalue weighted by Gasteiger charge is 2.19. The fourth-order valence-electron chi connectivity index (χ4n) is 2.58. The molecule has 8 heteroatoms. The third kappa shape index (κ3) is 3.90. The number of anilines is 1. The normalized spacial score (nSPS) is 10.4. The molecule has 3 aromatic rings. The summed E-state index contributed by atoms with van der Waals surface area (Å²) in [6.45, 7) is 1.74. The topological polar surface area (TPSA) is 111 Å². The van der Waals surface area contributed by atoms with Crippen LogP contribution < -0.4 is 5.32 Å². The van der Waals surface area contributed by atoms with E-state index in [2.05, 4.69) is 10.3 Å². The van der Waals surface area contributed by atoms with Crippen LogP contribution in [0, 0.1) is 10.1 Å². The van der Waals surface area contributed by atoms with Gasteiger partial charge in [0.05, 0.1) is 28.3 Å². The standard InChI is InChI=1S/C19H15N3O5/c1-2-27-19(24)14-9-13(10-15(11-14)22(25)26)18(23)21-16-7-3-5-12-6-4-8-20-17(12)16/h3-11H,2H2,1H3,(H,21,23). The Bertz CT molecular complexity index is 1040. The first kappa shape index (κ1) is 18.0. The molecule has 0 bridgehead atoms. The zero-order valence-electron chi connectivity index (χ0n) is 14.3. The van der Waals surface area contributed by atoms with Gasteiger partial charge in [-0.25, -0.2) is 4.79 Å². The minimum atomic E-state index is -0.734. The first-order valence-electron chi connectivity index (χ1n) is 8.11. The predicted molar refractivity (Wildman–Crippen MR) is 98.7 cm³/mol. The molecule has 0 saturated carbocycles. The van der Waals surface area contributed by atoms with E-state index in [4.69, 9.17) is 4.74 Å². The van der Waals surface area contributed by atoms with Crippen molar-refractivity contribution in [3.63, 3.8) is 0 Å². The second kappa shape index (κ2) is 7.61. The molecule has 0 aliphatic rings. The average Bonchev–Trinajstić information content (AvgIpc) is 2.68. The summed E-state index contributed by atoms with van der Waals surface area (Å²) in [5, 5.41) is 14.7. The van der Waals surface area contributed by atoms with E-state index in [0.717, 1.165) is 17.5 Å². The predicted octanol–water partition coefficient (Wildman–Crippen LogP) is 3.57. The van der Waals surface area contributed by atoms with Gasteiger partial charge in [0.1, 0.15) is 0 Å². The van der Waals surface area contributed by atoms with E-state index in [1.807, 2.05) is 12.1 Å². The lowest BCUT2D eigenvalue weighted by Crippen LogP contribution is -2.14. The van der Waals surface area contributed by atoms with Crippen molar-refractivity contribution in [1.82, 2.24) is 4.98 Å². The number of nitro benzene ring substituents is 1. The Morgan fingerprint density at radius 2 is 1.89 bits per heavy atom. The monoisotopic (exact) mass is 365 g/mol. The Hall–Kier alpha value is -3.81. The van der Waals surface area contributed by atoms with Crippen molar-refractivity contribution in [2.24, 2.45) is 0 Å². The zero-order valence-corrected chi connectivity index (χ0v) is 14.3. The smallest absolute Gasteiger partial charge is 0.338 e. The van der Waals surface area contributed by atoms with E-state index in [0.29, 0.717) is 11.2 Å². The number of amides is 1. The van der Waals surface area contributed by atoms with Crippen LogP contribution >= 0.6 is 0 Å². The van der Waals surface area contributed by atoms with Gasteiger partial charge in [0.2, 0.25) is 0 Å². The summed E-state index contributed by atoms with van der Waals surface area (Å²) in [5.41, 5.74) is 0.584. The second-order valence-corrected chi connectivity index (χ2v) is 5.58. The molecule has 1 aromatic heterocycles. The third-order valence-electron chi connectivity index (χ3n) is 3.78. The van der Waals surface area contributed by atoms with E-state index >= 15 is 0 Å². The maximum Gasteiger partial charge on any atom is 0.338 e. The number of nitrogens with one attached hydrogen (secondary N) is 1. The number of fused-ring (bicyclic) bond motifs is 1. The number of nitro groups is 1. The number of aromatic nitrogens is 1. The lowest BCUT2D eigenvalue weighted by Gasteiger charge is -2.09. The molecule has 0 aliphatic heterocycles. The van der Waals surface area contributed by atoms with Crippen LogP contribution in [0.5, 0.6) is 0 Å². The van der Waals surface area contributed by atoms with Crippen molar-refractivity contribution in [2.75, 3.05) is 11.9 Å². The molecule has 1 heterocycles. The summed E-state index contributed by atoms with van der Waals surface area (Å²) in [4.78, 5) is 39.3. The molecule has 27 heavy (non-hydrogen) atoms. The molecule has 8 nitrogen and oxygen atoms in total. The van der Waals surface area contributed by atoms with Crippen molar-refractivity contribution >= 4 is 34.2 Å². The molecular weight excluding hydrogens is 350 g/mol. The molecule has 0 radical (unpaired) electrons. The molecule has 0 saturated heterocycles. The van der Waals surface area contributed by atoms with Gasteiger partial charge in [-0.3, -0.25) is 19.9 Å². The van der Waals surface area contributed by atoms with Crippen LogP contribution in [0.15, 0.2) is 54.7 Å². The van der Waals surface area contributed by atoms with E-state index < -0.39 is 16.8 Å². The summed E-state index contributed by atoms with van der Waals surface area (Å²) in [5.74, 6) is -1.33. The van der Waals surface area contributed by atoms with Crippen LogP contribution in [0.2, 0.25) is 0 Å². The van der Waals surface area contributed by atoms with E-state index in [1.165, 1.54) is 6.07 Å². The number of nitrogens with zero attached hydrogens (tertiary/aromatic N) is 2. The van der Waals surface area contributed by atoms with E-state index in [-0.39, 0.29) is 23.4 Å². The fourth-order valence-corrected chi connectivity index (χ4v) is 2.58. The van der Waals surface area contributed by atoms with Crippen molar-refractivity contribution < 1.29 is 19.2 Å². The van der Waals surface area contributed by atoms with Gasteiger partial charge in [0.15, 0.2) is 0 Å². The van der Waals surface area contributed by atoms with Gasteiger partial charge in [0.25, 0.3) is 11.6 Å². The van der Waals surface area contributed by atoms with Crippen LogP contribution in [0.3, 0.4) is 0 Å². The molecule has 0 unspecified atom stereocenters. The Kier molecular flexibility index (Phi) is 5.07. The number of ether oxygens (including phenoxy) is 1. The summed E-state index contributed by atoms with van der Waals surface area (Å²) < 4.78 is 4.87. The summed E-state index contributed by atoms with van der Waals surface area (Å²) in [6.07, 6.45) is 1.60. The van der Waals surface area contributed by atoms with Crippen LogP contribution in [-0.4, -0.2) is 28.4 Å². The molecular formula is C19H15N3O5. The maximum absolute atomic E-state index is 12.7. The minimum Gasteiger partial charge on any atom is -0.462 e. The van der Waals surface area contributed by atoms with Gasteiger partial charge >= 0.3 is 5.97 Å². The average molecular weight is 365 g/mol. The SMILES string of the molecule is CCOC(=O)c1cc(C(=O)Nc2cccc3cccnc23)cc([N+](=O)[O-])c1. The minimum absolute atomic E-state index is 0.0276. The molecule has 1 N–H and O–H groups in total. The van der Waals surface area contributed by atoms with Crippen molar-refractivity contribution in [2.45, 2.75) is 6.92 Å². The van der Waals surface area contributed by atoms with Crippen molar-refractivity contribution in [1.29, 1.82) is 0 Å². The maximum atomic E-state index is 12.7. The third-order valence-corrected chi connectivity index (χ3v) is 3.78. The highest BCUT2D eigenvalue weighted by Crippen LogP contribution is 2.23. The molecule has 1 amide bonds. The number of benzene rings is 2. The van der Waals surface area contributed by atoms with Crippen molar-refractivity contribution in [3.8, 4) is 0 Å². The van der Waals surface area contributed by atoms with Crippen LogP contribution in [-0.2, 0) is 4.74 Å².